The predicted molar refractivity (Wildman–Crippen MR) is 72.0 cm³/mol. The first kappa shape index (κ1) is 11.0. The van der Waals surface area contributed by atoms with E-state index in [0.717, 1.165) is 12.2 Å². The Bertz CT molecular complexity index is 443. The van der Waals surface area contributed by atoms with Gasteiger partial charge >= 0.3 is 0 Å². The fraction of sp³-hybridized carbons (Fsp3) is 0.231. The third-order valence-electron chi connectivity index (χ3n) is 2.50. The second kappa shape index (κ2) is 4.58. The van der Waals surface area contributed by atoms with Gasteiger partial charge in [0.25, 0.3) is 0 Å². The quantitative estimate of drug-likeness (QED) is 0.823. The lowest BCUT2D eigenvalue weighted by atomic mass is 10.2. The Morgan fingerprint density at radius 3 is 2.75 bits per heavy atom. The Hall–Kier alpha value is -1.48. The van der Waals surface area contributed by atoms with Gasteiger partial charge in [0.15, 0.2) is 0 Å². The molecule has 0 aliphatic heterocycles. The molecule has 2 nitrogen and oxygen atoms in total. The molecule has 0 radical (unpaired) electrons. The van der Waals surface area contributed by atoms with Crippen LogP contribution in [0.4, 0.5) is 11.4 Å². The summed E-state index contributed by atoms with van der Waals surface area (Å²) in [5, 5.41) is 2.10. The summed E-state index contributed by atoms with van der Waals surface area (Å²) in [4.78, 5) is 3.58. The van der Waals surface area contributed by atoms with Gasteiger partial charge in [-0.25, -0.2) is 0 Å². The van der Waals surface area contributed by atoms with Crippen LogP contribution in [0.15, 0.2) is 35.7 Å². The minimum absolute atomic E-state index is 0.827. The molecule has 16 heavy (non-hydrogen) atoms. The number of thiophene rings is 1. The number of hydrogen-bond donors (Lipinski definition) is 1. The molecule has 1 heterocycles. The number of aryl methyl sites for hydroxylation is 1. The lowest BCUT2D eigenvalue weighted by Gasteiger charge is -2.19. The topological polar surface area (TPSA) is 29.3 Å². The Balaban J connectivity index is 2.17. The van der Waals surface area contributed by atoms with Gasteiger partial charge in [-0.1, -0.05) is 6.07 Å². The standard InChI is InChI=1S/C13H16N2S/c1-10-6-11(14)8-12(7-10)15(2)9-13-4-3-5-16-13/h3-8H,9,14H2,1-2H3. The highest BCUT2D eigenvalue weighted by Crippen LogP contribution is 2.22. The van der Waals surface area contributed by atoms with Crippen LogP contribution in [-0.4, -0.2) is 7.05 Å². The van der Waals surface area contributed by atoms with Crippen molar-refractivity contribution in [2.24, 2.45) is 0 Å². The first-order valence-corrected chi connectivity index (χ1v) is 6.14. The Morgan fingerprint density at radius 1 is 1.31 bits per heavy atom. The second-order valence-electron chi connectivity index (χ2n) is 4.04. The summed E-state index contributed by atoms with van der Waals surface area (Å²) in [6.07, 6.45) is 0. The maximum absolute atomic E-state index is 5.85. The molecule has 1 aromatic carbocycles. The predicted octanol–water partition coefficient (Wildman–Crippen LogP) is 3.28. The van der Waals surface area contributed by atoms with Crippen LogP contribution in [0.1, 0.15) is 10.4 Å². The van der Waals surface area contributed by atoms with Crippen LogP contribution >= 0.6 is 11.3 Å². The molecule has 0 saturated heterocycles. The smallest absolute Gasteiger partial charge is 0.0519 e. The van der Waals surface area contributed by atoms with Crippen molar-refractivity contribution in [1.29, 1.82) is 0 Å². The van der Waals surface area contributed by atoms with Crippen LogP contribution in [0, 0.1) is 6.92 Å². The minimum Gasteiger partial charge on any atom is -0.399 e. The SMILES string of the molecule is Cc1cc(N)cc(N(C)Cc2cccs2)c1. The monoisotopic (exact) mass is 232 g/mol. The van der Waals surface area contributed by atoms with Crippen LogP contribution in [0.2, 0.25) is 0 Å². The largest absolute Gasteiger partial charge is 0.399 e. The van der Waals surface area contributed by atoms with Crippen molar-refractivity contribution in [3.05, 3.63) is 46.2 Å². The molecule has 0 bridgehead atoms. The normalized spacial score (nSPS) is 10.4. The summed E-state index contributed by atoms with van der Waals surface area (Å²) >= 11 is 1.78. The highest BCUT2D eigenvalue weighted by atomic mass is 32.1. The Kier molecular flexibility index (Phi) is 3.15. The molecule has 2 aromatic rings. The van der Waals surface area contributed by atoms with E-state index < -0.39 is 0 Å². The van der Waals surface area contributed by atoms with Crippen molar-refractivity contribution in [3.8, 4) is 0 Å². The summed E-state index contributed by atoms with van der Waals surface area (Å²) in [5.41, 5.74) is 9.05. The first-order valence-electron chi connectivity index (χ1n) is 5.26. The average molecular weight is 232 g/mol. The van der Waals surface area contributed by atoms with E-state index in [1.165, 1.54) is 16.1 Å². The van der Waals surface area contributed by atoms with Gasteiger partial charge in [0.1, 0.15) is 0 Å². The van der Waals surface area contributed by atoms with Gasteiger partial charge in [0.2, 0.25) is 0 Å². The van der Waals surface area contributed by atoms with Crippen LogP contribution in [0.5, 0.6) is 0 Å². The number of rotatable bonds is 3. The summed E-state index contributed by atoms with van der Waals surface area (Å²) in [5.74, 6) is 0. The number of benzene rings is 1. The van der Waals surface area contributed by atoms with E-state index in [9.17, 15) is 0 Å². The Morgan fingerprint density at radius 2 is 2.12 bits per heavy atom. The zero-order valence-electron chi connectivity index (χ0n) is 9.60. The number of nitrogens with zero attached hydrogens (tertiary/aromatic N) is 1. The van der Waals surface area contributed by atoms with Gasteiger partial charge in [-0.05, 0) is 42.1 Å². The molecule has 84 valence electrons. The highest BCUT2D eigenvalue weighted by molar-refractivity contribution is 7.09. The molecule has 0 unspecified atom stereocenters. The molecule has 0 aliphatic carbocycles. The third-order valence-corrected chi connectivity index (χ3v) is 3.36. The van der Waals surface area contributed by atoms with E-state index in [4.69, 9.17) is 5.73 Å². The molecule has 0 amide bonds. The number of nitrogen functional groups attached to an aromatic ring is 1. The molecule has 0 spiro atoms. The average Bonchev–Trinajstić information content (AvgIpc) is 2.68. The number of anilines is 2. The van der Waals surface area contributed by atoms with Crippen LogP contribution in [-0.2, 0) is 6.54 Å². The first-order chi connectivity index (χ1) is 7.65. The van der Waals surface area contributed by atoms with Gasteiger partial charge in [0, 0.05) is 23.3 Å². The summed E-state index contributed by atoms with van der Waals surface area (Å²) in [7, 11) is 2.09. The molecule has 2 rings (SSSR count). The molecule has 0 atom stereocenters. The van der Waals surface area contributed by atoms with Crippen molar-refractivity contribution >= 4 is 22.7 Å². The van der Waals surface area contributed by atoms with Crippen LogP contribution < -0.4 is 10.6 Å². The maximum Gasteiger partial charge on any atom is 0.0519 e. The highest BCUT2D eigenvalue weighted by Gasteiger charge is 2.04. The van der Waals surface area contributed by atoms with Gasteiger partial charge in [0.05, 0.1) is 6.54 Å². The fourth-order valence-corrected chi connectivity index (χ4v) is 2.50. The fourth-order valence-electron chi connectivity index (χ4n) is 1.74. The summed E-state index contributed by atoms with van der Waals surface area (Å²) in [6.45, 7) is 3.00. The van der Waals surface area contributed by atoms with Gasteiger partial charge in [-0.3, -0.25) is 0 Å². The second-order valence-corrected chi connectivity index (χ2v) is 5.07. The van der Waals surface area contributed by atoms with E-state index in [-0.39, 0.29) is 0 Å². The Labute approximate surface area is 100 Å². The van der Waals surface area contributed by atoms with E-state index in [0.29, 0.717) is 0 Å². The molecule has 2 N–H and O–H groups in total. The van der Waals surface area contributed by atoms with Crippen LogP contribution in [0.25, 0.3) is 0 Å². The van der Waals surface area contributed by atoms with Crippen molar-refractivity contribution < 1.29 is 0 Å². The molecule has 0 aliphatic rings. The minimum atomic E-state index is 0.827. The van der Waals surface area contributed by atoms with E-state index >= 15 is 0 Å². The maximum atomic E-state index is 5.85. The third kappa shape index (κ3) is 2.55. The van der Waals surface area contributed by atoms with Crippen molar-refractivity contribution in [2.75, 3.05) is 17.7 Å². The molecular formula is C13H16N2S. The molecular weight excluding hydrogens is 216 g/mol. The van der Waals surface area contributed by atoms with Gasteiger partial charge in [-0.15, -0.1) is 11.3 Å². The zero-order chi connectivity index (χ0) is 11.5. The van der Waals surface area contributed by atoms with E-state index in [2.05, 4.69) is 42.5 Å². The molecule has 0 saturated carbocycles. The van der Waals surface area contributed by atoms with Crippen molar-refractivity contribution in [2.45, 2.75) is 13.5 Å². The number of hydrogen-bond acceptors (Lipinski definition) is 3. The lowest BCUT2D eigenvalue weighted by Crippen LogP contribution is -2.15. The molecule has 1 aromatic heterocycles. The van der Waals surface area contributed by atoms with Gasteiger partial charge < -0.3 is 10.6 Å². The summed E-state index contributed by atoms with van der Waals surface area (Å²) in [6, 6.07) is 10.4. The van der Waals surface area contributed by atoms with E-state index in [1.54, 1.807) is 11.3 Å². The molecule has 0 fully saturated rings. The van der Waals surface area contributed by atoms with E-state index in [1.807, 2.05) is 12.1 Å². The van der Waals surface area contributed by atoms with Gasteiger partial charge in [-0.2, -0.15) is 0 Å². The lowest BCUT2D eigenvalue weighted by molar-refractivity contribution is 0.939. The van der Waals surface area contributed by atoms with Crippen molar-refractivity contribution in [3.63, 3.8) is 0 Å². The zero-order valence-corrected chi connectivity index (χ0v) is 10.4. The molecule has 3 heteroatoms. The summed E-state index contributed by atoms with van der Waals surface area (Å²) < 4.78 is 0. The number of nitrogens with two attached hydrogens (primary N) is 1. The van der Waals surface area contributed by atoms with Crippen molar-refractivity contribution in [1.82, 2.24) is 0 Å². The van der Waals surface area contributed by atoms with Crippen LogP contribution in [0.3, 0.4) is 0 Å².